The predicted octanol–water partition coefficient (Wildman–Crippen LogP) is 3.80. The second-order valence-electron chi connectivity index (χ2n) is 5.33. The molecule has 1 N–H and O–H groups in total. The van der Waals surface area contributed by atoms with E-state index < -0.39 is 0 Å². The fourth-order valence-corrected chi connectivity index (χ4v) is 3.79. The van der Waals surface area contributed by atoms with E-state index in [9.17, 15) is 0 Å². The molecule has 0 spiro atoms. The number of rotatable bonds is 3. The maximum atomic E-state index is 3.36. The average molecular weight is 237 g/mol. The molecule has 0 bridgehead atoms. The minimum Gasteiger partial charge on any atom is -0.319 e. The van der Waals surface area contributed by atoms with Gasteiger partial charge >= 0.3 is 0 Å². The molecule has 2 rings (SSSR count). The first-order valence-electron chi connectivity index (χ1n) is 6.40. The Morgan fingerprint density at radius 3 is 2.88 bits per heavy atom. The standard InChI is InChI=1S/C14H23NS/c1-10-4-5-12(8-15-3)14(6-10)13-7-11(2)16-9-13/h7,9-10,12,14-15H,4-6,8H2,1-3H3. The summed E-state index contributed by atoms with van der Waals surface area (Å²) < 4.78 is 0. The SMILES string of the molecule is CNCC1CCC(C)CC1c1csc(C)c1. The molecule has 1 aliphatic carbocycles. The van der Waals surface area contributed by atoms with Gasteiger partial charge in [0.15, 0.2) is 0 Å². The molecule has 1 nitrogen and oxygen atoms in total. The fraction of sp³-hybridized carbons (Fsp3) is 0.714. The van der Waals surface area contributed by atoms with Crippen molar-refractivity contribution in [3.63, 3.8) is 0 Å². The first kappa shape index (κ1) is 12.1. The highest BCUT2D eigenvalue weighted by atomic mass is 32.1. The highest BCUT2D eigenvalue weighted by Gasteiger charge is 2.29. The lowest BCUT2D eigenvalue weighted by molar-refractivity contribution is 0.245. The van der Waals surface area contributed by atoms with Crippen molar-refractivity contribution < 1.29 is 0 Å². The summed E-state index contributed by atoms with van der Waals surface area (Å²) in [5.74, 6) is 2.54. The van der Waals surface area contributed by atoms with Gasteiger partial charge in [-0.15, -0.1) is 11.3 Å². The van der Waals surface area contributed by atoms with Crippen LogP contribution in [0.15, 0.2) is 11.4 Å². The molecule has 2 heteroatoms. The minimum atomic E-state index is 0.793. The summed E-state index contributed by atoms with van der Waals surface area (Å²) in [6.45, 7) is 5.79. The van der Waals surface area contributed by atoms with Gasteiger partial charge in [0, 0.05) is 4.88 Å². The highest BCUT2D eigenvalue weighted by Crippen LogP contribution is 2.41. The Morgan fingerprint density at radius 2 is 2.25 bits per heavy atom. The van der Waals surface area contributed by atoms with Gasteiger partial charge in [0.25, 0.3) is 0 Å². The van der Waals surface area contributed by atoms with E-state index in [0.717, 1.165) is 17.8 Å². The van der Waals surface area contributed by atoms with E-state index in [1.165, 1.54) is 30.7 Å². The van der Waals surface area contributed by atoms with E-state index >= 15 is 0 Å². The molecule has 1 aliphatic rings. The molecular formula is C14H23NS. The zero-order chi connectivity index (χ0) is 11.5. The van der Waals surface area contributed by atoms with Crippen molar-refractivity contribution in [1.29, 1.82) is 0 Å². The normalized spacial score (nSPS) is 30.6. The Balaban J connectivity index is 2.13. The quantitative estimate of drug-likeness (QED) is 0.843. The lowest BCUT2D eigenvalue weighted by Gasteiger charge is -2.34. The summed E-state index contributed by atoms with van der Waals surface area (Å²) >= 11 is 1.90. The minimum absolute atomic E-state index is 0.793. The fourth-order valence-electron chi connectivity index (χ4n) is 3.02. The van der Waals surface area contributed by atoms with Crippen molar-refractivity contribution >= 4 is 11.3 Å². The molecule has 1 aromatic rings. The van der Waals surface area contributed by atoms with E-state index in [1.807, 2.05) is 11.3 Å². The largest absolute Gasteiger partial charge is 0.319 e. The Hall–Kier alpha value is -0.340. The predicted molar refractivity (Wildman–Crippen MR) is 72.2 cm³/mol. The number of hydrogen-bond acceptors (Lipinski definition) is 2. The molecule has 1 fully saturated rings. The summed E-state index contributed by atoms with van der Waals surface area (Å²) in [7, 11) is 2.08. The summed E-state index contributed by atoms with van der Waals surface area (Å²) in [4.78, 5) is 1.46. The Morgan fingerprint density at radius 1 is 1.44 bits per heavy atom. The molecular weight excluding hydrogens is 214 g/mol. The molecule has 1 aromatic heterocycles. The molecule has 3 atom stereocenters. The molecule has 16 heavy (non-hydrogen) atoms. The van der Waals surface area contributed by atoms with Crippen LogP contribution in [0.2, 0.25) is 0 Å². The third-order valence-corrected chi connectivity index (χ3v) is 4.78. The van der Waals surface area contributed by atoms with Gasteiger partial charge in [0.2, 0.25) is 0 Å². The van der Waals surface area contributed by atoms with Crippen LogP contribution in [0.1, 0.15) is 42.5 Å². The van der Waals surface area contributed by atoms with Crippen molar-refractivity contribution in [1.82, 2.24) is 5.32 Å². The van der Waals surface area contributed by atoms with Gasteiger partial charge in [-0.1, -0.05) is 13.3 Å². The van der Waals surface area contributed by atoms with E-state index in [-0.39, 0.29) is 0 Å². The van der Waals surface area contributed by atoms with Crippen molar-refractivity contribution in [2.75, 3.05) is 13.6 Å². The van der Waals surface area contributed by atoms with E-state index in [0.29, 0.717) is 0 Å². The smallest absolute Gasteiger partial charge is 0.00171 e. The third kappa shape index (κ3) is 2.67. The van der Waals surface area contributed by atoms with Gasteiger partial charge in [-0.2, -0.15) is 0 Å². The van der Waals surface area contributed by atoms with Crippen LogP contribution >= 0.6 is 11.3 Å². The maximum absolute atomic E-state index is 3.36. The molecule has 0 saturated heterocycles. The molecule has 1 saturated carbocycles. The van der Waals surface area contributed by atoms with Crippen molar-refractivity contribution in [3.8, 4) is 0 Å². The zero-order valence-electron chi connectivity index (χ0n) is 10.6. The molecule has 0 aliphatic heterocycles. The van der Waals surface area contributed by atoms with E-state index in [2.05, 4.69) is 37.7 Å². The summed E-state index contributed by atoms with van der Waals surface area (Å²) in [6, 6.07) is 2.40. The molecule has 0 amide bonds. The number of aryl methyl sites for hydroxylation is 1. The molecule has 1 heterocycles. The first-order valence-corrected chi connectivity index (χ1v) is 7.28. The zero-order valence-corrected chi connectivity index (χ0v) is 11.4. The average Bonchev–Trinajstić information content (AvgIpc) is 2.68. The second kappa shape index (κ2) is 5.33. The molecule has 0 aromatic carbocycles. The monoisotopic (exact) mass is 237 g/mol. The van der Waals surface area contributed by atoms with E-state index in [4.69, 9.17) is 0 Å². The lowest BCUT2D eigenvalue weighted by atomic mass is 9.72. The van der Waals surface area contributed by atoms with Crippen molar-refractivity contribution in [3.05, 3.63) is 21.9 Å². The van der Waals surface area contributed by atoms with Gasteiger partial charge in [-0.05, 0) is 68.1 Å². The van der Waals surface area contributed by atoms with Crippen LogP contribution in [0.4, 0.5) is 0 Å². The van der Waals surface area contributed by atoms with E-state index in [1.54, 1.807) is 5.56 Å². The molecule has 0 radical (unpaired) electrons. The number of nitrogens with one attached hydrogen (secondary N) is 1. The van der Waals surface area contributed by atoms with Gasteiger partial charge in [0.1, 0.15) is 0 Å². The third-order valence-electron chi connectivity index (χ3n) is 3.90. The first-order chi connectivity index (χ1) is 7.70. The molecule has 3 unspecified atom stereocenters. The Labute approximate surface area is 103 Å². The van der Waals surface area contributed by atoms with Crippen molar-refractivity contribution in [2.45, 2.75) is 39.0 Å². The van der Waals surface area contributed by atoms with Crippen LogP contribution < -0.4 is 5.32 Å². The Kier molecular flexibility index (Phi) is 4.04. The summed E-state index contributed by atoms with van der Waals surface area (Å²) in [6.07, 6.45) is 4.18. The van der Waals surface area contributed by atoms with Gasteiger partial charge in [-0.3, -0.25) is 0 Å². The van der Waals surface area contributed by atoms with Crippen LogP contribution in [0.5, 0.6) is 0 Å². The second-order valence-corrected chi connectivity index (χ2v) is 6.45. The van der Waals surface area contributed by atoms with Crippen LogP contribution in [0.25, 0.3) is 0 Å². The number of thiophene rings is 1. The maximum Gasteiger partial charge on any atom is 0.00171 e. The van der Waals surface area contributed by atoms with Crippen molar-refractivity contribution in [2.24, 2.45) is 11.8 Å². The molecule has 90 valence electrons. The van der Waals surface area contributed by atoms with Crippen LogP contribution in [0.3, 0.4) is 0 Å². The van der Waals surface area contributed by atoms with Crippen LogP contribution in [-0.2, 0) is 0 Å². The summed E-state index contributed by atoms with van der Waals surface area (Å²) in [5.41, 5.74) is 1.59. The topological polar surface area (TPSA) is 12.0 Å². The van der Waals surface area contributed by atoms with Gasteiger partial charge in [0.05, 0.1) is 0 Å². The van der Waals surface area contributed by atoms with Crippen LogP contribution in [-0.4, -0.2) is 13.6 Å². The summed E-state index contributed by atoms with van der Waals surface area (Å²) in [5, 5.41) is 5.74. The highest BCUT2D eigenvalue weighted by molar-refractivity contribution is 7.10. The van der Waals surface area contributed by atoms with Gasteiger partial charge in [-0.25, -0.2) is 0 Å². The lowest BCUT2D eigenvalue weighted by Crippen LogP contribution is -2.29. The Bertz CT molecular complexity index is 331. The number of hydrogen-bond donors (Lipinski definition) is 1. The van der Waals surface area contributed by atoms with Crippen LogP contribution in [0, 0.1) is 18.8 Å². The van der Waals surface area contributed by atoms with Gasteiger partial charge < -0.3 is 5.32 Å².